The van der Waals surface area contributed by atoms with Gasteiger partial charge in [0.1, 0.15) is 0 Å². The second kappa shape index (κ2) is 4.47. The molecule has 0 aromatic carbocycles. The molecule has 0 bridgehead atoms. The summed E-state index contributed by atoms with van der Waals surface area (Å²) < 4.78 is 0. The molecule has 0 saturated heterocycles. The van der Waals surface area contributed by atoms with Crippen LogP contribution >= 0.6 is 12.2 Å². The maximum atomic E-state index is 12.0. The first-order valence-corrected chi connectivity index (χ1v) is 5.97. The van der Waals surface area contributed by atoms with Gasteiger partial charge in [0.2, 0.25) is 5.91 Å². The summed E-state index contributed by atoms with van der Waals surface area (Å²) in [6.07, 6.45) is 2.87. The van der Waals surface area contributed by atoms with Crippen molar-refractivity contribution in [1.29, 1.82) is 0 Å². The molecule has 1 amide bonds. The highest BCUT2D eigenvalue weighted by Crippen LogP contribution is 2.34. The maximum absolute atomic E-state index is 12.0. The smallest absolute Gasteiger partial charge is 0.232 e. The maximum Gasteiger partial charge on any atom is 0.232 e. The van der Waals surface area contributed by atoms with Crippen molar-refractivity contribution in [2.45, 2.75) is 46.1 Å². The number of carbonyl (C=O) groups excluding carboxylic acids is 1. The molecule has 3 N–H and O–H groups in total. The van der Waals surface area contributed by atoms with E-state index >= 15 is 0 Å². The summed E-state index contributed by atoms with van der Waals surface area (Å²) in [4.78, 5) is 12.3. The van der Waals surface area contributed by atoms with Gasteiger partial charge in [-0.05, 0) is 25.7 Å². The third-order valence-corrected chi connectivity index (χ3v) is 3.97. The van der Waals surface area contributed by atoms with Crippen LogP contribution in [0.4, 0.5) is 0 Å². The van der Waals surface area contributed by atoms with Gasteiger partial charge >= 0.3 is 0 Å². The SMILES string of the molecule is CCC1CC1NC(=O)C(C)(CC)C(N)=S. The summed E-state index contributed by atoms with van der Waals surface area (Å²) in [5.74, 6) is 0.639. The Bertz CT molecular complexity index is 280. The van der Waals surface area contributed by atoms with Crippen LogP contribution in [0.25, 0.3) is 0 Å². The Kier molecular flexibility index (Phi) is 3.71. The predicted octanol–water partition coefficient (Wildman–Crippen LogP) is 1.60. The molecule has 1 rings (SSSR count). The molecule has 0 heterocycles. The Hall–Kier alpha value is -0.640. The quantitative estimate of drug-likeness (QED) is 0.703. The van der Waals surface area contributed by atoms with Gasteiger partial charge in [0.25, 0.3) is 0 Å². The molecule has 0 aliphatic heterocycles. The first kappa shape index (κ1) is 12.4. The lowest BCUT2D eigenvalue weighted by molar-refractivity contribution is -0.127. The zero-order chi connectivity index (χ0) is 11.6. The molecular weight excluding hydrogens is 208 g/mol. The minimum atomic E-state index is -0.684. The lowest BCUT2D eigenvalue weighted by Gasteiger charge is -2.25. The standard InChI is InChI=1S/C11H20N2OS/c1-4-7-6-8(7)13-10(14)11(3,5-2)9(12)15/h7-8H,4-6H2,1-3H3,(H2,12,15)(H,13,14). The fraction of sp³-hybridized carbons (Fsp3) is 0.818. The Morgan fingerprint density at radius 3 is 2.53 bits per heavy atom. The van der Waals surface area contributed by atoms with Crippen molar-refractivity contribution in [2.24, 2.45) is 17.1 Å². The molecule has 4 heteroatoms. The lowest BCUT2D eigenvalue weighted by Crippen LogP contribution is -2.47. The number of carbonyl (C=O) groups is 1. The van der Waals surface area contributed by atoms with Crippen molar-refractivity contribution in [3.63, 3.8) is 0 Å². The molecule has 3 atom stereocenters. The summed E-state index contributed by atoms with van der Waals surface area (Å²) in [5, 5.41) is 3.02. The van der Waals surface area contributed by atoms with E-state index < -0.39 is 5.41 Å². The van der Waals surface area contributed by atoms with E-state index in [1.807, 2.05) is 13.8 Å². The van der Waals surface area contributed by atoms with E-state index in [0.29, 0.717) is 18.4 Å². The summed E-state index contributed by atoms with van der Waals surface area (Å²) in [6, 6.07) is 0.350. The van der Waals surface area contributed by atoms with E-state index in [0.717, 1.165) is 12.8 Å². The molecule has 1 saturated carbocycles. The Labute approximate surface area is 96.8 Å². The molecule has 1 aliphatic carbocycles. The van der Waals surface area contributed by atoms with Crippen molar-refractivity contribution in [2.75, 3.05) is 0 Å². The minimum Gasteiger partial charge on any atom is -0.392 e. The number of nitrogens with one attached hydrogen (secondary N) is 1. The van der Waals surface area contributed by atoms with Gasteiger partial charge in [-0.15, -0.1) is 0 Å². The Balaban J connectivity index is 2.55. The number of hydrogen-bond donors (Lipinski definition) is 2. The van der Waals surface area contributed by atoms with Crippen molar-refractivity contribution >= 4 is 23.1 Å². The number of hydrogen-bond acceptors (Lipinski definition) is 2. The zero-order valence-electron chi connectivity index (χ0n) is 9.67. The van der Waals surface area contributed by atoms with E-state index in [1.54, 1.807) is 0 Å². The second-order valence-electron chi connectivity index (χ2n) is 4.53. The highest BCUT2D eigenvalue weighted by atomic mass is 32.1. The molecule has 0 spiro atoms. The summed E-state index contributed by atoms with van der Waals surface area (Å²) in [7, 11) is 0. The predicted molar refractivity (Wildman–Crippen MR) is 65.5 cm³/mol. The van der Waals surface area contributed by atoms with Crippen LogP contribution in [0.5, 0.6) is 0 Å². The van der Waals surface area contributed by atoms with Gasteiger partial charge < -0.3 is 11.1 Å². The number of rotatable bonds is 5. The lowest BCUT2D eigenvalue weighted by atomic mass is 9.86. The summed E-state index contributed by atoms with van der Waals surface area (Å²) >= 11 is 4.95. The van der Waals surface area contributed by atoms with E-state index in [4.69, 9.17) is 18.0 Å². The van der Waals surface area contributed by atoms with Crippen LogP contribution in [0.3, 0.4) is 0 Å². The fourth-order valence-electron chi connectivity index (χ4n) is 1.65. The first-order valence-electron chi connectivity index (χ1n) is 5.56. The van der Waals surface area contributed by atoms with Crippen molar-refractivity contribution in [3.8, 4) is 0 Å². The molecule has 86 valence electrons. The van der Waals surface area contributed by atoms with E-state index in [1.165, 1.54) is 0 Å². The van der Waals surface area contributed by atoms with Crippen molar-refractivity contribution < 1.29 is 4.79 Å². The first-order chi connectivity index (χ1) is 6.95. The van der Waals surface area contributed by atoms with Crippen LogP contribution in [0.1, 0.15) is 40.0 Å². The molecule has 3 unspecified atom stereocenters. The minimum absolute atomic E-state index is 0.0153. The largest absolute Gasteiger partial charge is 0.392 e. The monoisotopic (exact) mass is 228 g/mol. The number of thiocarbonyl (C=S) groups is 1. The average Bonchev–Trinajstić information content (AvgIpc) is 2.94. The van der Waals surface area contributed by atoms with Gasteiger partial charge in [-0.2, -0.15) is 0 Å². The van der Waals surface area contributed by atoms with Crippen LogP contribution in [-0.2, 0) is 4.79 Å². The van der Waals surface area contributed by atoms with Crippen LogP contribution in [0.15, 0.2) is 0 Å². The molecule has 1 aliphatic rings. The molecule has 0 aromatic rings. The highest BCUT2D eigenvalue weighted by molar-refractivity contribution is 7.80. The zero-order valence-corrected chi connectivity index (χ0v) is 10.5. The molecule has 1 fully saturated rings. The van der Waals surface area contributed by atoms with Crippen molar-refractivity contribution in [3.05, 3.63) is 0 Å². The van der Waals surface area contributed by atoms with E-state index in [9.17, 15) is 4.79 Å². The Morgan fingerprint density at radius 2 is 2.20 bits per heavy atom. The van der Waals surface area contributed by atoms with Crippen LogP contribution < -0.4 is 11.1 Å². The Morgan fingerprint density at radius 1 is 1.60 bits per heavy atom. The molecule has 0 radical (unpaired) electrons. The summed E-state index contributed by atoms with van der Waals surface area (Å²) in [5.41, 5.74) is 4.93. The van der Waals surface area contributed by atoms with Gasteiger partial charge in [0.15, 0.2) is 0 Å². The average molecular weight is 228 g/mol. The number of amides is 1. The normalized spacial score (nSPS) is 27.9. The molecule has 15 heavy (non-hydrogen) atoms. The van der Waals surface area contributed by atoms with Gasteiger partial charge in [0.05, 0.1) is 10.4 Å². The molecule has 3 nitrogen and oxygen atoms in total. The third-order valence-electron chi connectivity index (χ3n) is 3.52. The second-order valence-corrected chi connectivity index (χ2v) is 4.97. The topological polar surface area (TPSA) is 55.1 Å². The third kappa shape index (κ3) is 2.48. The summed E-state index contributed by atoms with van der Waals surface area (Å²) in [6.45, 7) is 5.89. The van der Waals surface area contributed by atoms with Gasteiger partial charge in [-0.1, -0.05) is 32.5 Å². The van der Waals surface area contributed by atoms with Gasteiger partial charge in [-0.3, -0.25) is 4.79 Å². The van der Waals surface area contributed by atoms with E-state index in [2.05, 4.69) is 12.2 Å². The molecule has 0 aromatic heterocycles. The number of nitrogens with two attached hydrogens (primary N) is 1. The van der Waals surface area contributed by atoms with Gasteiger partial charge in [-0.25, -0.2) is 0 Å². The highest BCUT2D eigenvalue weighted by Gasteiger charge is 2.41. The van der Waals surface area contributed by atoms with Crippen molar-refractivity contribution in [1.82, 2.24) is 5.32 Å². The fourth-order valence-corrected chi connectivity index (χ4v) is 1.89. The van der Waals surface area contributed by atoms with E-state index in [-0.39, 0.29) is 10.9 Å². The molecular formula is C11H20N2OS. The van der Waals surface area contributed by atoms with Crippen LogP contribution in [0.2, 0.25) is 0 Å². The van der Waals surface area contributed by atoms with Gasteiger partial charge in [0, 0.05) is 6.04 Å². The van der Waals surface area contributed by atoms with Crippen LogP contribution in [-0.4, -0.2) is 16.9 Å². The van der Waals surface area contributed by atoms with Crippen LogP contribution in [0, 0.1) is 11.3 Å².